The second-order valence-corrected chi connectivity index (χ2v) is 4.76. The molecule has 2 rings (SSSR count). The predicted molar refractivity (Wildman–Crippen MR) is 65.8 cm³/mol. The predicted octanol–water partition coefficient (Wildman–Crippen LogP) is 1.40. The van der Waals surface area contributed by atoms with Crippen molar-refractivity contribution in [2.24, 2.45) is 0 Å². The summed E-state index contributed by atoms with van der Waals surface area (Å²) in [6.07, 6.45) is 1.68. The Morgan fingerprint density at radius 1 is 1.44 bits per heavy atom. The fourth-order valence-electron chi connectivity index (χ4n) is 1.99. The molecule has 1 atom stereocenters. The summed E-state index contributed by atoms with van der Waals surface area (Å²) < 4.78 is 0. The Morgan fingerprint density at radius 3 is 2.94 bits per heavy atom. The Kier molecular flexibility index (Phi) is 3.39. The second-order valence-electron chi connectivity index (χ2n) is 4.76. The highest BCUT2D eigenvalue weighted by Gasteiger charge is 2.17. The molecule has 0 aliphatic carbocycles. The van der Waals surface area contributed by atoms with Crippen molar-refractivity contribution in [1.29, 1.82) is 0 Å². The first-order valence-corrected chi connectivity index (χ1v) is 5.97. The van der Waals surface area contributed by atoms with Crippen LogP contribution in [0.25, 0.3) is 0 Å². The maximum atomic E-state index is 4.37. The Labute approximate surface area is 97.1 Å². The molecule has 1 N–H and O–H groups in total. The molecule has 0 bridgehead atoms. The summed E-state index contributed by atoms with van der Waals surface area (Å²) in [4.78, 5) is 11.0. The van der Waals surface area contributed by atoms with Gasteiger partial charge in [0.15, 0.2) is 0 Å². The van der Waals surface area contributed by atoms with Gasteiger partial charge in [0.2, 0.25) is 0 Å². The largest absolute Gasteiger partial charge is 0.354 e. The number of nitrogens with one attached hydrogen (secondary N) is 1. The van der Waals surface area contributed by atoms with E-state index in [1.165, 1.54) is 0 Å². The lowest BCUT2D eigenvalue weighted by Crippen LogP contribution is -2.49. The van der Waals surface area contributed by atoms with E-state index >= 15 is 0 Å². The Morgan fingerprint density at radius 2 is 2.25 bits per heavy atom. The van der Waals surface area contributed by atoms with Crippen LogP contribution in [0.1, 0.15) is 32.4 Å². The summed E-state index contributed by atoms with van der Waals surface area (Å²) in [5, 5.41) is 3.43. The fourth-order valence-corrected chi connectivity index (χ4v) is 1.99. The van der Waals surface area contributed by atoms with Crippen LogP contribution in [-0.2, 0) is 0 Å². The van der Waals surface area contributed by atoms with Gasteiger partial charge in [-0.1, -0.05) is 13.8 Å². The van der Waals surface area contributed by atoms with Crippen molar-refractivity contribution >= 4 is 5.82 Å². The molecule has 4 heteroatoms. The Balaban J connectivity index is 2.16. The number of anilines is 1. The van der Waals surface area contributed by atoms with E-state index in [0.717, 1.165) is 31.1 Å². The third-order valence-corrected chi connectivity index (χ3v) is 2.96. The van der Waals surface area contributed by atoms with E-state index in [0.29, 0.717) is 12.0 Å². The number of aromatic nitrogens is 2. The number of hydrogen-bond donors (Lipinski definition) is 1. The molecule has 1 aliphatic heterocycles. The summed E-state index contributed by atoms with van der Waals surface area (Å²) in [6.45, 7) is 9.60. The van der Waals surface area contributed by atoms with Crippen molar-refractivity contribution in [3.05, 3.63) is 18.1 Å². The van der Waals surface area contributed by atoms with Crippen LogP contribution in [0.5, 0.6) is 0 Å². The van der Waals surface area contributed by atoms with E-state index in [2.05, 4.69) is 47.0 Å². The molecule has 0 saturated carbocycles. The van der Waals surface area contributed by atoms with Crippen molar-refractivity contribution in [2.45, 2.75) is 32.7 Å². The number of nitrogens with zero attached hydrogens (tertiary/aromatic N) is 3. The van der Waals surface area contributed by atoms with Gasteiger partial charge in [-0.25, -0.2) is 9.97 Å². The van der Waals surface area contributed by atoms with E-state index in [4.69, 9.17) is 0 Å². The second kappa shape index (κ2) is 4.78. The molecule has 1 aliphatic rings. The number of hydrogen-bond acceptors (Lipinski definition) is 4. The average Bonchev–Trinajstić information content (AvgIpc) is 2.29. The van der Waals surface area contributed by atoms with Crippen molar-refractivity contribution in [2.75, 3.05) is 24.5 Å². The van der Waals surface area contributed by atoms with Crippen LogP contribution in [0.4, 0.5) is 5.82 Å². The molecular formula is C12H20N4. The Hall–Kier alpha value is -1.16. The highest BCUT2D eigenvalue weighted by atomic mass is 15.2. The molecule has 0 spiro atoms. The van der Waals surface area contributed by atoms with Crippen LogP contribution in [0.2, 0.25) is 0 Å². The standard InChI is InChI=1S/C12H20N4/c1-9(2)11-6-12(15-8-14-11)16-5-4-13-10(3)7-16/h6,8-10,13H,4-5,7H2,1-3H3/t10-/m0/s1. The summed E-state index contributed by atoms with van der Waals surface area (Å²) in [5.41, 5.74) is 1.12. The molecule has 16 heavy (non-hydrogen) atoms. The SMILES string of the molecule is CC(C)c1cc(N2CCN[C@@H](C)C2)ncn1. The fraction of sp³-hybridized carbons (Fsp3) is 0.667. The van der Waals surface area contributed by atoms with E-state index in [1.54, 1.807) is 6.33 Å². The van der Waals surface area contributed by atoms with E-state index in [9.17, 15) is 0 Å². The lowest BCUT2D eigenvalue weighted by molar-refractivity contribution is 0.482. The third kappa shape index (κ3) is 2.50. The minimum absolute atomic E-state index is 0.460. The molecule has 0 amide bonds. The van der Waals surface area contributed by atoms with Gasteiger partial charge in [-0.15, -0.1) is 0 Å². The van der Waals surface area contributed by atoms with Crippen LogP contribution in [0.3, 0.4) is 0 Å². The van der Waals surface area contributed by atoms with E-state index in [1.807, 2.05) is 0 Å². The number of rotatable bonds is 2. The summed E-state index contributed by atoms with van der Waals surface area (Å²) >= 11 is 0. The van der Waals surface area contributed by atoms with Crippen LogP contribution >= 0.6 is 0 Å². The van der Waals surface area contributed by atoms with E-state index < -0.39 is 0 Å². The average molecular weight is 220 g/mol. The van der Waals surface area contributed by atoms with Crippen molar-refractivity contribution in [1.82, 2.24) is 15.3 Å². The van der Waals surface area contributed by atoms with Gasteiger partial charge in [-0.2, -0.15) is 0 Å². The van der Waals surface area contributed by atoms with Crippen LogP contribution < -0.4 is 10.2 Å². The Bertz CT molecular complexity index is 351. The molecule has 1 aromatic rings. The molecule has 0 radical (unpaired) electrons. The normalized spacial score (nSPS) is 21.5. The van der Waals surface area contributed by atoms with Crippen LogP contribution in [0.15, 0.2) is 12.4 Å². The van der Waals surface area contributed by atoms with Gasteiger partial charge >= 0.3 is 0 Å². The van der Waals surface area contributed by atoms with Crippen molar-refractivity contribution in [3.8, 4) is 0 Å². The minimum atomic E-state index is 0.460. The minimum Gasteiger partial charge on any atom is -0.354 e. The molecule has 1 aromatic heterocycles. The van der Waals surface area contributed by atoms with Gasteiger partial charge in [0.1, 0.15) is 12.1 Å². The topological polar surface area (TPSA) is 41.0 Å². The first kappa shape index (κ1) is 11.3. The zero-order valence-corrected chi connectivity index (χ0v) is 10.3. The third-order valence-electron chi connectivity index (χ3n) is 2.96. The first-order valence-electron chi connectivity index (χ1n) is 5.97. The molecule has 88 valence electrons. The number of piperazine rings is 1. The molecular weight excluding hydrogens is 200 g/mol. The molecule has 1 saturated heterocycles. The van der Waals surface area contributed by atoms with Crippen LogP contribution in [0, 0.1) is 0 Å². The van der Waals surface area contributed by atoms with Gasteiger partial charge in [0, 0.05) is 37.4 Å². The molecule has 0 unspecified atom stereocenters. The zero-order valence-electron chi connectivity index (χ0n) is 10.3. The zero-order chi connectivity index (χ0) is 11.5. The lowest BCUT2D eigenvalue weighted by atomic mass is 10.1. The van der Waals surface area contributed by atoms with Crippen LogP contribution in [-0.4, -0.2) is 35.6 Å². The molecule has 4 nitrogen and oxygen atoms in total. The molecule has 1 fully saturated rings. The van der Waals surface area contributed by atoms with Gasteiger partial charge in [-0.05, 0) is 12.8 Å². The highest BCUT2D eigenvalue weighted by molar-refractivity contribution is 5.40. The van der Waals surface area contributed by atoms with E-state index in [-0.39, 0.29) is 0 Å². The maximum Gasteiger partial charge on any atom is 0.132 e. The van der Waals surface area contributed by atoms with Gasteiger partial charge in [0.25, 0.3) is 0 Å². The van der Waals surface area contributed by atoms with Gasteiger partial charge < -0.3 is 10.2 Å². The summed E-state index contributed by atoms with van der Waals surface area (Å²) in [5.74, 6) is 1.52. The quantitative estimate of drug-likeness (QED) is 0.818. The smallest absolute Gasteiger partial charge is 0.132 e. The summed E-state index contributed by atoms with van der Waals surface area (Å²) in [6, 6.07) is 2.65. The summed E-state index contributed by atoms with van der Waals surface area (Å²) in [7, 11) is 0. The maximum absolute atomic E-state index is 4.37. The van der Waals surface area contributed by atoms with Gasteiger partial charge in [0.05, 0.1) is 0 Å². The first-order chi connectivity index (χ1) is 7.66. The molecule has 2 heterocycles. The van der Waals surface area contributed by atoms with Crippen molar-refractivity contribution in [3.63, 3.8) is 0 Å². The highest BCUT2D eigenvalue weighted by Crippen LogP contribution is 2.17. The molecule has 0 aromatic carbocycles. The van der Waals surface area contributed by atoms with Crippen molar-refractivity contribution < 1.29 is 0 Å². The lowest BCUT2D eigenvalue weighted by Gasteiger charge is -2.32. The monoisotopic (exact) mass is 220 g/mol. The van der Waals surface area contributed by atoms with Gasteiger partial charge in [-0.3, -0.25) is 0 Å².